The molecule has 1 atom stereocenters. The lowest BCUT2D eigenvalue weighted by molar-refractivity contribution is 0.170. The van der Waals surface area contributed by atoms with Gasteiger partial charge in [0.2, 0.25) is 0 Å². The number of hydrogen-bond acceptors (Lipinski definition) is 2. The van der Waals surface area contributed by atoms with Crippen LogP contribution in [0.4, 0.5) is 14.9 Å². The van der Waals surface area contributed by atoms with Crippen molar-refractivity contribution in [2.75, 3.05) is 11.9 Å². The van der Waals surface area contributed by atoms with Crippen LogP contribution in [0.3, 0.4) is 0 Å². The lowest BCUT2D eigenvalue weighted by Crippen LogP contribution is -2.33. The topological polar surface area (TPSA) is 61.4 Å². The molecule has 2 rings (SSSR count). The molecule has 2 aromatic rings. The van der Waals surface area contributed by atoms with Crippen molar-refractivity contribution in [1.82, 2.24) is 5.32 Å². The van der Waals surface area contributed by atoms with E-state index in [2.05, 4.69) is 10.6 Å². The van der Waals surface area contributed by atoms with Gasteiger partial charge in [0.05, 0.1) is 6.10 Å². The van der Waals surface area contributed by atoms with E-state index in [1.54, 1.807) is 12.1 Å². The molecule has 1 unspecified atom stereocenters. The highest BCUT2D eigenvalue weighted by Gasteiger charge is 2.14. The predicted molar refractivity (Wildman–Crippen MR) is 89.0 cm³/mol. The molecule has 0 radical (unpaired) electrons. The first-order valence-corrected chi connectivity index (χ1v) is 7.43. The summed E-state index contributed by atoms with van der Waals surface area (Å²) in [7, 11) is 0. The molecule has 23 heavy (non-hydrogen) atoms. The van der Waals surface area contributed by atoms with E-state index in [9.17, 15) is 14.3 Å². The number of halogens is 1. The van der Waals surface area contributed by atoms with Gasteiger partial charge in [-0.25, -0.2) is 9.18 Å². The van der Waals surface area contributed by atoms with E-state index in [-0.39, 0.29) is 12.1 Å². The molecule has 5 heteroatoms. The number of hydrogen-bond donors (Lipinski definition) is 3. The Morgan fingerprint density at radius 2 is 1.78 bits per heavy atom. The van der Waals surface area contributed by atoms with Gasteiger partial charge >= 0.3 is 6.03 Å². The average Bonchev–Trinajstić information content (AvgIpc) is 2.49. The van der Waals surface area contributed by atoms with Crippen molar-refractivity contribution in [3.63, 3.8) is 0 Å². The van der Waals surface area contributed by atoms with Gasteiger partial charge < -0.3 is 15.7 Å². The molecule has 0 saturated heterocycles. The highest BCUT2D eigenvalue weighted by Crippen LogP contribution is 2.22. The van der Waals surface area contributed by atoms with Gasteiger partial charge in [0, 0.05) is 17.8 Å². The summed E-state index contributed by atoms with van der Waals surface area (Å²) >= 11 is 0. The Balaban J connectivity index is 1.97. The zero-order chi connectivity index (χ0) is 17.0. The molecule has 0 spiro atoms. The molecule has 0 saturated carbocycles. The van der Waals surface area contributed by atoms with Gasteiger partial charge in [-0.2, -0.15) is 0 Å². The second-order valence-corrected chi connectivity index (χ2v) is 5.65. The summed E-state index contributed by atoms with van der Waals surface area (Å²) in [6.45, 7) is 5.76. The van der Waals surface area contributed by atoms with E-state index in [0.717, 1.165) is 22.4 Å². The molecule has 122 valence electrons. The quantitative estimate of drug-likeness (QED) is 0.807. The van der Waals surface area contributed by atoms with Gasteiger partial charge in [0.1, 0.15) is 5.82 Å². The molecule has 0 aromatic heterocycles. The Bertz CT molecular complexity index is 693. The maximum Gasteiger partial charge on any atom is 0.319 e. The number of benzene rings is 2. The summed E-state index contributed by atoms with van der Waals surface area (Å²) < 4.78 is 13.6. The van der Waals surface area contributed by atoms with Gasteiger partial charge in [-0.15, -0.1) is 0 Å². The number of nitrogens with one attached hydrogen (secondary N) is 2. The summed E-state index contributed by atoms with van der Waals surface area (Å²) in [5, 5.41) is 15.3. The summed E-state index contributed by atoms with van der Waals surface area (Å²) in [6, 6.07) is 9.49. The minimum absolute atomic E-state index is 0.0727. The largest absolute Gasteiger partial charge is 0.386 e. The maximum absolute atomic E-state index is 13.6. The lowest BCUT2D eigenvalue weighted by atomic mass is 10.1. The van der Waals surface area contributed by atoms with Gasteiger partial charge in [0.25, 0.3) is 0 Å². The third-order valence-electron chi connectivity index (χ3n) is 3.64. The third-order valence-corrected chi connectivity index (χ3v) is 3.64. The van der Waals surface area contributed by atoms with Crippen LogP contribution in [0, 0.1) is 26.6 Å². The second kappa shape index (κ2) is 7.24. The van der Waals surface area contributed by atoms with E-state index in [1.807, 2.05) is 32.9 Å². The van der Waals surface area contributed by atoms with Crippen molar-refractivity contribution in [1.29, 1.82) is 0 Å². The Hall–Kier alpha value is -2.40. The molecule has 2 amide bonds. The SMILES string of the molecule is Cc1cc(C)c(NC(=O)NCC(O)c2ccccc2F)c(C)c1. The molecule has 2 aromatic carbocycles. The van der Waals surface area contributed by atoms with Crippen LogP contribution in [-0.4, -0.2) is 17.7 Å². The van der Waals surface area contributed by atoms with Crippen LogP contribution in [-0.2, 0) is 0 Å². The maximum atomic E-state index is 13.6. The summed E-state index contributed by atoms with van der Waals surface area (Å²) in [5.74, 6) is -0.493. The first-order chi connectivity index (χ1) is 10.9. The van der Waals surface area contributed by atoms with Crippen LogP contribution in [0.5, 0.6) is 0 Å². The highest BCUT2D eigenvalue weighted by molar-refractivity contribution is 5.91. The summed E-state index contributed by atoms with van der Waals surface area (Å²) in [5.41, 5.74) is 3.96. The lowest BCUT2D eigenvalue weighted by Gasteiger charge is -2.16. The molecule has 0 bridgehead atoms. The number of aliphatic hydroxyl groups is 1. The first kappa shape index (κ1) is 17.0. The second-order valence-electron chi connectivity index (χ2n) is 5.65. The standard InChI is InChI=1S/C18H21FN2O2/c1-11-8-12(2)17(13(3)9-11)21-18(23)20-10-16(22)14-6-4-5-7-15(14)19/h4-9,16,22H,10H2,1-3H3,(H2,20,21,23). The fourth-order valence-electron chi connectivity index (χ4n) is 2.58. The van der Waals surface area contributed by atoms with Crippen LogP contribution < -0.4 is 10.6 Å². The molecule has 4 nitrogen and oxygen atoms in total. The number of anilines is 1. The number of rotatable bonds is 4. The molecule has 0 aliphatic carbocycles. The van der Waals surface area contributed by atoms with Gasteiger partial charge in [-0.05, 0) is 38.0 Å². The van der Waals surface area contributed by atoms with Crippen LogP contribution in [0.1, 0.15) is 28.4 Å². The van der Waals surface area contributed by atoms with E-state index in [4.69, 9.17) is 0 Å². The van der Waals surface area contributed by atoms with Crippen molar-refractivity contribution >= 4 is 11.7 Å². The average molecular weight is 316 g/mol. The molecule has 0 aliphatic rings. The molecule has 0 aliphatic heterocycles. The summed E-state index contributed by atoms with van der Waals surface area (Å²) in [6.07, 6.45) is -1.10. The van der Waals surface area contributed by atoms with E-state index < -0.39 is 18.0 Å². The zero-order valence-corrected chi connectivity index (χ0v) is 13.5. The van der Waals surface area contributed by atoms with Crippen molar-refractivity contribution in [3.05, 3.63) is 64.5 Å². The Labute approximate surface area is 135 Å². The highest BCUT2D eigenvalue weighted by atomic mass is 19.1. The van der Waals surface area contributed by atoms with Crippen LogP contribution >= 0.6 is 0 Å². The van der Waals surface area contributed by atoms with E-state index in [1.165, 1.54) is 12.1 Å². The van der Waals surface area contributed by atoms with Crippen LogP contribution in [0.15, 0.2) is 36.4 Å². The zero-order valence-electron chi connectivity index (χ0n) is 13.5. The van der Waals surface area contributed by atoms with E-state index in [0.29, 0.717) is 0 Å². The number of carbonyl (C=O) groups is 1. The molecular weight excluding hydrogens is 295 g/mol. The van der Waals surface area contributed by atoms with Gasteiger partial charge in [0.15, 0.2) is 0 Å². The molecular formula is C18H21FN2O2. The predicted octanol–water partition coefficient (Wildman–Crippen LogP) is 3.61. The normalized spacial score (nSPS) is 11.9. The van der Waals surface area contributed by atoms with Crippen LogP contribution in [0.2, 0.25) is 0 Å². The summed E-state index contributed by atoms with van der Waals surface area (Å²) in [4.78, 5) is 12.0. The molecule has 0 heterocycles. The Morgan fingerprint density at radius 1 is 1.17 bits per heavy atom. The number of urea groups is 1. The Kier molecular flexibility index (Phi) is 5.34. The van der Waals surface area contributed by atoms with Crippen LogP contribution in [0.25, 0.3) is 0 Å². The van der Waals surface area contributed by atoms with Gasteiger partial charge in [-0.1, -0.05) is 35.9 Å². The minimum atomic E-state index is -1.10. The van der Waals surface area contributed by atoms with Crippen molar-refractivity contribution in [2.24, 2.45) is 0 Å². The smallest absolute Gasteiger partial charge is 0.319 e. The van der Waals surface area contributed by atoms with Crippen molar-refractivity contribution < 1.29 is 14.3 Å². The fourth-order valence-corrected chi connectivity index (χ4v) is 2.58. The van der Waals surface area contributed by atoms with Gasteiger partial charge in [-0.3, -0.25) is 0 Å². The third kappa shape index (κ3) is 4.29. The van der Waals surface area contributed by atoms with E-state index >= 15 is 0 Å². The number of amides is 2. The molecule has 3 N–H and O–H groups in total. The fraction of sp³-hybridized carbons (Fsp3) is 0.278. The monoisotopic (exact) mass is 316 g/mol. The molecule has 0 fully saturated rings. The van der Waals surface area contributed by atoms with Crippen molar-refractivity contribution in [2.45, 2.75) is 26.9 Å². The number of aryl methyl sites for hydroxylation is 3. The first-order valence-electron chi connectivity index (χ1n) is 7.43. The number of aliphatic hydroxyl groups excluding tert-OH is 1. The minimum Gasteiger partial charge on any atom is -0.386 e. The van der Waals surface area contributed by atoms with Crippen molar-refractivity contribution in [3.8, 4) is 0 Å². The Morgan fingerprint density at radius 3 is 2.39 bits per heavy atom. The number of carbonyl (C=O) groups excluding carboxylic acids is 1.